The second-order valence-electron chi connectivity index (χ2n) is 6.29. The number of furan rings is 1. The molecule has 0 bridgehead atoms. The van der Waals surface area contributed by atoms with Gasteiger partial charge in [-0.15, -0.1) is 0 Å². The summed E-state index contributed by atoms with van der Waals surface area (Å²) in [5.41, 5.74) is 0.786. The Morgan fingerprint density at radius 2 is 1.92 bits per heavy atom. The molecule has 0 aliphatic carbocycles. The van der Waals surface area contributed by atoms with Crippen LogP contribution in [0.1, 0.15) is 12.7 Å². The number of piperazine rings is 1. The van der Waals surface area contributed by atoms with Crippen LogP contribution >= 0.6 is 0 Å². The van der Waals surface area contributed by atoms with Crippen LogP contribution in [0.15, 0.2) is 47.1 Å². The van der Waals surface area contributed by atoms with E-state index in [1.54, 1.807) is 13.4 Å². The molecular weight excluding hydrogens is 318 g/mol. The summed E-state index contributed by atoms with van der Waals surface area (Å²) < 4.78 is 10.5. The van der Waals surface area contributed by atoms with E-state index in [0.29, 0.717) is 0 Å². The zero-order valence-electron chi connectivity index (χ0n) is 14.8. The Morgan fingerprint density at radius 1 is 1.20 bits per heavy atom. The fourth-order valence-electron chi connectivity index (χ4n) is 3.02. The molecule has 0 spiro atoms. The molecule has 1 aromatic carbocycles. The number of hydrogen-bond acceptors (Lipinski definition) is 5. The van der Waals surface area contributed by atoms with Crippen LogP contribution in [-0.2, 0) is 11.3 Å². The number of anilines is 1. The molecule has 2 heterocycles. The summed E-state index contributed by atoms with van der Waals surface area (Å²) in [5, 5.41) is 2.97. The Labute approximate surface area is 148 Å². The molecule has 1 N–H and O–H groups in total. The van der Waals surface area contributed by atoms with E-state index in [-0.39, 0.29) is 11.9 Å². The molecule has 1 fully saturated rings. The lowest BCUT2D eigenvalue weighted by molar-refractivity contribution is -0.121. The van der Waals surface area contributed by atoms with Crippen molar-refractivity contribution in [3.05, 3.63) is 48.4 Å². The minimum atomic E-state index is -0.159. The van der Waals surface area contributed by atoms with Gasteiger partial charge in [0.1, 0.15) is 11.5 Å². The standard InChI is InChI=1S/C19H25N3O3/c1-15(19(23)20-16-5-7-17(24-2)8-6-16)22-11-9-21(10-12-22)14-18-4-3-13-25-18/h3-8,13,15H,9-12,14H2,1-2H3,(H,20,23). The first-order valence-electron chi connectivity index (χ1n) is 8.59. The van der Waals surface area contributed by atoms with E-state index in [1.165, 1.54) is 0 Å². The van der Waals surface area contributed by atoms with Crippen LogP contribution in [0.3, 0.4) is 0 Å². The van der Waals surface area contributed by atoms with Gasteiger partial charge in [-0.3, -0.25) is 14.6 Å². The molecule has 1 aliphatic heterocycles. The number of carbonyl (C=O) groups is 1. The summed E-state index contributed by atoms with van der Waals surface area (Å²) in [7, 11) is 1.63. The van der Waals surface area contributed by atoms with Crippen LogP contribution in [0.5, 0.6) is 5.75 Å². The van der Waals surface area contributed by atoms with Crippen LogP contribution in [0.4, 0.5) is 5.69 Å². The van der Waals surface area contributed by atoms with Crippen molar-refractivity contribution in [2.24, 2.45) is 0 Å². The van der Waals surface area contributed by atoms with Crippen molar-refractivity contribution >= 4 is 11.6 Å². The summed E-state index contributed by atoms with van der Waals surface area (Å²) in [6.07, 6.45) is 1.71. The second-order valence-corrected chi connectivity index (χ2v) is 6.29. The van der Waals surface area contributed by atoms with Crippen LogP contribution in [-0.4, -0.2) is 55.0 Å². The Bertz CT molecular complexity index is 662. The first-order valence-corrected chi connectivity index (χ1v) is 8.59. The van der Waals surface area contributed by atoms with Gasteiger partial charge in [-0.05, 0) is 43.3 Å². The summed E-state index contributed by atoms with van der Waals surface area (Å²) >= 11 is 0. The van der Waals surface area contributed by atoms with Gasteiger partial charge in [0.15, 0.2) is 0 Å². The predicted molar refractivity (Wildman–Crippen MR) is 96.6 cm³/mol. The highest BCUT2D eigenvalue weighted by Gasteiger charge is 2.25. The molecule has 0 radical (unpaired) electrons. The van der Waals surface area contributed by atoms with E-state index in [4.69, 9.17) is 9.15 Å². The summed E-state index contributed by atoms with van der Waals surface area (Å²) in [4.78, 5) is 17.1. The smallest absolute Gasteiger partial charge is 0.241 e. The molecular formula is C19H25N3O3. The fraction of sp³-hybridized carbons (Fsp3) is 0.421. The van der Waals surface area contributed by atoms with E-state index in [0.717, 1.165) is 49.9 Å². The number of nitrogens with one attached hydrogen (secondary N) is 1. The monoisotopic (exact) mass is 343 g/mol. The number of benzene rings is 1. The van der Waals surface area contributed by atoms with Gasteiger partial charge < -0.3 is 14.5 Å². The van der Waals surface area contributed by atoms with Crippen LogP contribution in [0.2, 0.25) is 0 Å². The molecule has 1 unspecified atom stereocenters. The number of methoxy groups -OCH3 is 1. The second kappa shape index (κ2) is 8.18. The minimum absolute atomic E-state index is 0.0182. The van der Waals surface area contributed by atoms with Gasteiger partial charge in [-0.1, -0.05) is 0 Å². The normalized spacial score (nSPS) is 17.2. The lowest BCUT2D eigenvalue weighted by Gasteiger charge is -2.37. The third kappa shape index (κ3) is 4.61. The molecule has 3 rings (SSSR count). The van der Waals surface area contributed by atoms with Crippen molar-refractivity contribution in [3.8, 4) is 5.75 Å². The quantitative estimate of drug-likeness (QED) is 0.873. The fourth-order valence-corrected chi connectivity index (χ4v) is 3.02. The molecule has 1 saturated heterocycles. The third-order valence-corrected chi connectivity index (χ3v) is 4.65. The van der Waals surface area contributed by atoms with Crippen LogP contribution in [0.25, 0.3) is 0 Å². The Kier molecular flexibility index (Phi) is 5.73. The number of carbonyl (C=O) groups excluding carboxylic acids is 1. The maximum Gasteiger partial charge on any atom is 0.241 e. The van der Waals surface area contributed by atoms with Gasteiger partial charge in [-0.2, -0.15) is 0 Å². The number of nitrogens with zero attached hydrogens (tertiary/aromatic N) is 2. The lowest BCUT2D eigenvalue weighted by Crippen LogP contribution is -2.52. The molecule has 25 heavy (non-hydrogen) atoms. The van der Waals surface area contributed by atoms with Gasteiger partial charge in [0.25, 0.3) is 0 Å². The van der Waals surface area contributed by atoms with E-state index in [9.17, 15) is 4.79 Å². The molecule has 0 saturated carbocycles. The maximum atomic E-state index is 12.5. The Morgan fingerprint density at radius 3 is 2.52 bits per heavy atom. The topological polar surface area (TPSA) is 58.0 Å². The van der Waals surface area contributed by atoms with E-state index in [1.807, 2.05) is 43.3 Å². The van der Waals surface area contributed by atoms with Gasteiger partial charge >= 0.3 is 0 Å². The van der Waals surface area contributed by atoms with Crippen molar-refractivity contribution in [2.45, 2.75) is 19.5 Å². The highest BCUT2D eigenvalue weighted by Crippen LogP contribution is 2.16. The molecule has 1 atom stereocenters. The third-order valence-electron chi connectivity index (χ3n) is 4.65. The van der Waals surface area contributed by atoms with Crippen molar-refractivity contribution < 1.29 is 13.9 Å². The van der Waals surface area contributed by atoms with Crippen molar-refractivity contribution in [1.82, 2.24) is 9.80 Å². The number of hydrogen-bond donors (Lipinski definition) is 1. The van der Waals surface area contributed by atoms with Crippen molar-refractivity contribution in [3.63, 3.8) is 0 Å². The number of rotatable bonds is 6. The highest BCUT2D eigenvalue weighted by molar-refractivity contribution is 5.94. The van der Waals surface area contributed by atoms with Gasteiger partial charge in [-0.25, -0.2) is 0 Å². The molecule has 1 amide bonds. The average molecular weight is 343 g/mol. The van der Waals surface area contributed by atoms with E-state index < -0.39 is 0 Å². The molecule has 2 aromatic rings. The summed E-state index contributed by atoms with van der Waals surface area (Å²) in [6.45, 7) is 6.39. The average Bonchev–Trinajstić information content (AvgIpc) is 3.15. The van der Waals surface area contributed by atoms with E-state index in [2.05, 4.69) is 15.1 Å². The summed E-state index contributed by atoms with van der Waals surface area (Å²) in [5.74, 6) is 1.78. The van der Waals surface area contributed by atoms with Crippen LogP contribution < -0.4 is 10.1 Å². The van der Waals surface area contributed by atoms with Crippen LogP contribution in [0, 0.1) is 0 Å². The van der Waals surface area contributed by atoms with Gasteiger partial charge in [0.2, 0.25) is 5.91 Å². The Hall–Kier alpha value is -2.31. The lowest BCUT2D eigenvalue weighted by atomic mass is 10.2. The number of amides is 1. The predicted octanol–water partition coefficient (Wildman–Crippen LogP) is 2.43. The van der Waals surface area contributed by atoms with Crippen molar-refractivity contribution in [1.29, 1.82) is 0 Å². The Balaban J connectivity index is 1.47. The van der Waals surface area contributed by atoms with Gasteiger partial charge in [0, 0.05) is 31.9 Å². The van der Waals surface area contributed by atoms with Gasteiger partial charge in [0.05, 0.1) is 26.0 Å². The molecule has 6 nitrogen and oxygen atoms in total. The minimum Gasteiger partial charge on any atom is -0.497 e. The van der Waals surface area contributed by atoms with E-state index >= 15 is 0 Å². The molecule has 134 valence electrons. The zero-order valence-corrected chi connectivity index (χ0v) is 14.8. The number of ether oxygens (including phenoxy) is 1. The molecule has 6 heteroatoms. The largest absolute Gasteiger partial charge is 0.497 e. The first-order chi connectivity index (χ1) is 12.2. The summed E-state index contributed by atoms with van der Waals surface area (Å²) in [6, 6.07) is 11.1. The first kappa shape index (κ1) is 17.5. The zero-order chi connectivity index (χ0) is 17.6. The SMILES string of the molecule is COc1ccc(NC(=O)C(C)N2CCN(Cc3ccco3)CC2)cc1. The van der Waals surface area contributed by atoms with Crippen molar-refractivity contribution in [2.75, 3.05) is 38.6 Å². The molecule has 1 aromatic heterocycles. The maximum absolute atomic E-state index is 12.5. The molecule has 1 aliphatic rings. The highest BCUT2D eigenvalue weighted by atomic mass is 16.5.